The molecule has 0 radical (unpaired) electrons. The molecule has 0 spiro atoms. The van der Waals surface area contributed by atoms with Crippen molar-refractivity contribution < 1.29 is 41.8 Å². The van der Waals surface area contributed by atoms with E-state index >= 15 is 0 Å². The summed E-state index contributed by atoms with van der Waals surface area (Å²) in [5.74, 6) is -1.66. The number of carbonyl (C=O) groups is 4. The van der Waals surface area contributed by atoms with E-state index in [2.05, 4.69) is 20.8 Å². The van der Waals surface area contributed by atoms with Crippen molar-refractivity contribution in [1.29, 1.82) is 5.41 Å². The number of alkyl halides is 1. The predicted molar refractivity (Wildman–Crippen MR) is 160 cm³/mol. The van der Waals surface area contributed by atoms with Crippen molar-refractivity contribution in [3.63, 3.8) is 0 Å². The number of cyclic esters (lactones) is 1. The highest BCUT2D eigenvalue weighted by atomic mass is 19.1. The summed E-state index contributed by atoms with van der Waals surface area (Å²) < 4.78 is 51.4. The molecule has 1 atom stereocenters. The van der Waals surface area contributed by atoms with Crippen molar-refractivity contribution >= 4 is 42.8 Å². The maximum atomic E-state index is 15.0. The molecule has 4 rings (SSSR count). The van der Waals surface area contributed by atoms with Crippen LogP contribution in [0.4, 0.5) is 29.3 Å². The van der Waals surface area contributed by atoms with Crippen molar-refractivity contribution in [3.8, 4) is 0 Å². The number of rotatable bonds is 10. The number of halogens is 3. The Morgan fingerprint density at radius 1 is 1.22 bits per heavy atom. The van der Waals surface area contributed by atoms with Gasteiger partial charge in [-0.3, -0.25) is 24.5 Å². The molecule has 45 heavy (non-hydrogen) atoms. The third-order valence-corrected chi connectivity index (χ3v) is 6.16. The number of benzene rings is 1. The molecule has 1 aromatic heterocycles. The van der Waals surface area contributed by atoms with Gasteiger partial charge in [0.05, 0.1) is 12.2 Å². The number of amides is 2. The fourth-order valence-corrected chi connectivity index (χ4v) is 4.25. The quantitative estimate of drug-likeness (QED) is 0.250. The van der Waals surface area contributed by atoms with Crippen LogP contribution in [0.3, 0.4) is 0 Å². The van der Waals surface area contributed by atoms with E-state index in [4.69, 9.17) is 14.9 Å². The second kappa shape index (κ2) is 21.0. The zero-order valence-electron chi connectivity index (χ0n) is 25.2. The first-order valence-electron chi connectivity index (χ1n) is 13.7. The molecular weight excluding hydrogens is 601 g/mol. The average Bonchev–Trinajstić information content (AvgIpc) is 3.43. The first kappa shape index (κ1) is 38.3. The lowest BCUT2D eigenvalue weighted by atomic mass is 10.2. The molecule has 1 aromatic carbocycles. The lowest BCUT2D eigenvalue weighted by Crippen LogP contribution is -2.49. The Kier molecular flexibility index (Phi) is 17.9. The van der Waals surface area contributed by atoms with Crippen LogP contribution in [-0.4, -0.2) is 112 Å². The summed E-state index contributed by atoms with van der Waals surface area (Å²) in [5, 5.41) is 10.6. The molecular formula is C28H39F3N8O6. The number of ether oxygens (including phenoxy) is 2. The van der Waals surface area contributed by atoms with Gasteiger partial charge in [-0.1, -0.05) is 6.08 Å². The SMILES string of the molecule is C=O.CN.CNCC1CN(c2cc(F)c(N3CCN(C(=O)C/C=C/n4cccnc4=N)CC3)c(F)c2)C(=O)O1.O=COCCF. The Bertz CT molecular complexity index is 1280. The third kappa shape index (κ3) is 11.7. The fourth-order valence-electron chi connectivity index (χ4n) is 4.25. The maximum absolute atomic E-state index is 15.0. The minimum Gasteiger partial charge on any atom is -0.465 e. The minimum absolute atomic E-state index is 0.0549. The monoisotopic (exact) mass is 640 g/mol. The number of anilines is 2. The first-order chi connectivity index (χ1) is 21.8. The molecule has 2 fully saturated rings. The molecule has 2 saturated heterocycles. The van der Waals surface area contributed by atoms with E-state index in [0.717, 1.165) is 12.1 Å². The maximum Gasteiger partial charge on any atom is 0.414 e. The van der Waals surface area contributed by atoms with Crippen molar-refractivity contribution in [2.75, 3.05) is 76.4 Å². The van der Waals surface area contributed by atoms with Gasteiger partial charge in [0.2, 0.25) is 11.5 Å². The fraction of sp³-hybridized carbons (Fsp3) is 0.429. The third-order valence-electron chi connectivity index (χ3n) is 6.16. The highest BCUT2D eigenvalue weighted by molar-refractivity contribution is 5.90. The second-order valence-corrected chi connectivity index (χ2v) is 8.90. The molecule has 1 unspecified atom stereocenters. The van der Waals surface area contributed by atoms with Gasteiger partial charge in [-0.15, -0.1) is 0 Å². The van der Waals surface area contributed by atoms with E-state index in [0.29, 0.717) is 19.6 Å². The van der Waals surface area contributed by atoms with E-state index in [-0.39, 0.29) is 62.0 Å². The summed E-state index contributed by atoms with van der Waals surface area (Å²) in [5.41, 5.74) is 4.49. The molecule has 3 heterocycles. The smallest absolute Gasteiger partial charge is 0.414 e. The van der Waals surface area contributed by atoms with Crippen LogP contribution in [0.5, 0.6) is 0 Å². The lowest BCUT2D eigenvalue weighted by Gasteiger charge is -2.36. The van der Waals surface area contributed by atoms with Crippen LogP contribution in [-0.2, 0) is 23.9 Å². The highest BCUT2D eigenvalue weighted by Gasteiger charge is 2.33. The topological polar surface area (TPSA) is 176 Å². The lowest BCUT2D eigenvalue weighted by molar-refractivity contribution is -0.130. The molecule has 0 saturated carbocycles. The Hall–Kier alpha value is -4.77. The van der Waals surface area contributed by atoms with Crippen LogP contribution in [0.1, 0.15) is 6.42 Å². The van der Waals surface area contributed by atoms with E-state index in [1.807, 2.05) is 6.79 Å². The van der Waals surface area contributed by atoms with Crippen LogP contribution in [0.25, 0.3) is 6.20 Å². The standard InChI is InChI=1S/C23H27F2N7O3.C3H5FO2.CH5N.CH2O/c1-27-14-17-15-32(23(34)35-17)16-12-18(24)21(19(25)13-16)30-10-8-29(9-11-30)20(33)4-2-6-31-7-3-5-28-22(31)26;4-1-2-6-3-5;2*1-2/h2-3,5-7,12-13,17,26-27H,4,8-11,14-15H2,1H3;3H,1-2H2;2H2,1H3;1H2/b6-2+,26-22?;;;. The molecule has 2 amide bonds. The highest BCUT2D eigenvalue weighted by Crippen LogP contribution is 2.31. The molecule has 0 aliphatic carbocycles. The van der Waals surface area contributed by atoms with Crippen LogP contribution in [0.15, 0.2) is 36.7 Å². The van der Waals surface area contributed by atoms with Gasteiger partial charge in [0, 0.05) is 69.9 Å². The van der Waals surface area contributed by atoms with Crippen LogP contribution in [0, 0.1) is 17.0 Å². The summed E-state index contributed by atoms with van der Waals surface area (Å²) in [6.07, 6.45) is 5.53. The predicted octanol–water partition coefficient (Wildman–Crippen LogP) is 0.914. The first-order valence-corrected chi connectivity index (χ1v) is 13.7. The van der Waals surface area contributed by atoms with Gasteiger partial charge in [-0.2, -0.15) is 0 Å². The molecule has 4 N–H and O–H groups in total. The molecule has 2 aromatic rings. The zero-order valence-corrected chi connectivity index (χ0v) is 25.2. The molecule has 2 aliphatic heterocycles. The summed E-state index contributed by atoms with van der Waals surface area (Å²) in [6, 6.07) is 3.96. The molecule has 14 nitrogen and oxygen atoms in total. The van der Waals surface area contributed by atoms with Gasteiger partial charge in [-0.05, 0) is 20.2 Å². The Balaban J connectivity index is 0.000000894. The van der Waals surface area contributed by atoms with E-state index in [1.54, 1.807) is 41.4 Å². The van der Waals surface area contributed by atoms with Crippen LogP contribution in [0.2, 0.25) is 0 Å². The second-order valence-electron chi connectivity index (χ2n) is 8.90. The summed E-state index contributed by atoms with van der Waals surface area (Å²) in [4.78, 5) is 50.1. The van der Waals surface area contributed by atoms with E-state index in [1.165, 1.54) is 22.7 Å². The molecule has 2 aliphatic rings. The zero-order chi connectivity index (χ0) is 33.8. The van der Waals surface area contributed by atoms with Crippen molar-refractivity contribution in [2.24, 2.45) is 5.73 Å². The number of hydrogen-bond donors (Lipinski definition) is 3. The molecule has 248 valence electrons. The van der Waals surface area contributed by atoms with Crippen LogP contribution < -0.4 is 26.5 Å². The number of aromatic nitrogens is 2. The van der Waals surface area contributed by atoms with E-state index in [9.17, 15) is 27.6 Å². The Morgan fingerprint density at radius 2 is 1.87 bits per heavy atom. The van der Waals surface area contributed by atoms with Gasteiger partial charge >= 0.3 is 6.09 Å². The van der Waals surface area contributed by atoms with Gasteiger partial charge in [-0.25, -0.2) is 22.9 Å². The van der Waals surface area contributed by atoms with E-state index < -0.39 is 30.5 Å². The minimum atomic E-state index is -0.771. The molecule has 17 heteroatoms. The normalized spacial score (nSPS) is 15.6. The van der Waals surface area contributed by atoms with Crippen molar-refractivity contribution in [1.82, 2.24) is 19.8 Å². The number of hydrogen-bond acceptors (Lipinski definition) is 11. The van der Waals surface area contributed by atoms with Gasteiger partial charge in [0.1, 0.15) is 31.9 Å². The Morgan fingerprint density at radius 3 is 2.40 bits per heavy atom. The number of carbonyl (C=O) groups excluding carboxylic acids is 4. The van der Waals surface area contributed by atoms with Crippen LogP contribution >= 0.6 is 0 Å². The summed E-state index contributed by atoms with van der Waals surface area (Å²) >= 11 is 0. The van der Waals surface area contributed by atoms with Gasteiger partial charge < -0.3 is 35.1 Å². The number of likely N-dealkylation sites (N-methyl/N-ethyl adjacent to an activating group) is 1. The summed E-state index contributed by atoms with van der Waals surface area (Å²) in [6.45, 7) is 3.33. The average molecular weight is 641 g/mol. The Labute approximate surface area is 258 Å². The van der Waals surface area contributed by atoms with Crippen molar-refractivity contribution in [2.45, 2.75) is 12.5 Å². The number of nitrogens with zero attached hydrogens (tertiary/aromatic N) is 5. The van der Waals surface area contributed by atoms with Gasteiger partial charge in [0.25, 0.3) is 6.47 Å². The number of nitrogens with two attached hydrogens (primary N) is 1. The number of piperazine rings is 1. The largest absolute Gasteiger partial charge is 0.465 e. The van der Waals surface area contributed by atoms with Crippen molar-refractivity contribution in [3.05, 3.63) is 53.9 Å². The van der Waals surface area contributed by atoms with Gasteiger partial charge in [0.15, 0.2) is 11.6 Å². The number of nitrogens with one attached hydrogen (secondary N) is 2. The summed E-state index contributed by atoms with van der Waals surface area (Å²) in [7, 11) is 3.23. The molecule has 0 bridgehead atoms.